The maximum atomic E-state index is 13.0. The lowest BCUT2D eigenvalue weighted by molar-refractivity contribution is -0.122. The lowest BCUT2D eigenvalue weighted by Crippen LogP contribution is -2.33. The third kappa shape index (κ3) is 1.76. The van der Waals surface area contributed by atoms with E-state index in [1.165, 1.54) is 16.0 Å². The van der Waals surface area contributed by atoms with Crippen molar-refractivity contribution in [2.45, 2.75) is 27.7 Å². The smallest absolute Gasteiger partial charge is 0.238 e. The third-order valence-electron chi connectivity index (χ3n) is 5.59. The number of carbonyl (C=O) groups is 2. The molecule has 1 heterocycles. The average Bonchev–Trinajstić information content (AvgIpc) is 3.11. The Morgan fingerprint density at radius 3 is 2.00 bits per heavy atom. The number of aryl methyl sites for hydroxylation is 2. The SMILES string of the molecule is CC(C)=C1C2C=CC1C1C(=O)N(c3ccc(C)cc3C)C(=O)C21. The molecule has 2 amide bonds. The van der Waals surface area contributed by atoms with Crippen LogP contribution in [0.4, 0.5) is 5.69 Å². The predicted molar refractivity (Wildman–Crippen MR) is 89.9 cm³/mol. The quantitative estimate of drug-likeness (QED) is 0.587. The zero-order valence-corrected chi connectivity index (χ0v) is 14.0. The first kappa shape index (κ1) is 14.4. The van der Waals surface area contributed by atoms with Gasteiger partial charge in [0.1, 0.15) is 0 Å². The molecule has 0 spiro atoms. The monoisotopic (exact) mass is 307 g/mol. The number of allylic oxidation sites excluding steroid dienone is 4. The van der Waals surface area contributed by atoms with Gasteiger partial charge in [0.15, 0.2) is 0 Å². The fourth-order valence-corrected chi connectivity index (χ4v) is 4.72. The van der Waals surface area contributed by atoms with E-state index in [4.69, 9.17) is 0 Å². The molecule has 0 aromatic heterocycles. The molecule has 4 unspecified atom stereocenters. The molecule has 1 aromatic rings. The first-order chi connectivity index (χ1) is 10.9. The Hall–Kier alpha value is -2.16. The van der Waals surface area contributed by atoms with Gasteiger partial charge in [0, 0.05) is 11.8 Å². The van der Waals surface area contributed by atoms with Gasteiger partial charge in [-0.3, -0.25) is 9.59 Å². The molecule has 0 radical (unpaired) electrons. The van der Waals surface area contributed by atoms with Crippen LogP contribution in [0.3, 0.4) is 0 Å². The standard InChI is InChI=1S/C20H21NO2/c1-10(2)16-13-6-7-14(16)18-17(13)19(22)21(20(18)23)15-8-5-11(3)9-12(15)4/h5-9,13-14,17-18H,1-4H3. The van der Waals surface area contributed by atoms with Gasteiger partial charge in [-0.25, -0.2) is 4.90 Å². The molecule has 1 saturated heterocycles. The van der Waals surface area contributed by atoms with Crippen molar-refractivity contribution in [3.63, 3.8) is 0 Å². The van der Waals surface area contributed by atoms with Gasteiger partial charge < -0.3 is 0 Å². The van der Waals surface area contributed by atoms with Gasteiger partial charge in [0.25, 0.3) is 0 Å². The first-order valence-electron chi connectivity index (χ1n) is 8.22. The lowest BCUT2D eigenvalue weighted by Gasteiger charge is -2.21. The molecule has 4 atom stereocenters. The van der Waals surface area contributed by atoms with Gasteiger partial charge in [-0.05, 0) is 39.3 Å². The highest BCUT2D eigenvalue weighted by molar-refractivity contribution is 6.23. The third-order valence-corrected chi connectivity index (χ3v) is 5.59. The number of rotatable bonds is 1. The Balaban J connectivity index is 1.79. The van der Waals surface area contributed by atoms with Crippen LogP contribution in [0, 0.1) is 37.5 Å². The van der Waals surface area contributed by atoms with Gasteiger partial charge in [-0.2, -0.15) is 0 Å². The summed E-state index contributed by atoms with van der Waals surface area (Å²) in [5.41, 5.74) is 5.41. The average molecular weight is 307 g/mol. The molecule has 118 valence electrons. The fourth-order valence-electron chi connectivity index (χ4n) is 4.72. The summed E-state index contributed by atoms with van der Waals surface area (Å²) in [5.74, 6) is -0.235. The fraction of sp³-hybridized carbons (Fsp3) is 0.400. The van der Waals surface area contributed by atoms with Crippen molar-refractivity contribution in [2.24, 2.45) is 23.7 Å². The second-order valence-corrected chi connectivity index (χ2v) is 7.25. The van der Waals surface area contributed by atoms with Crippen LogP contribution >= 0.6 is 0 Å². The molecule has 0 N–H and O–H groups in total. The molecule has 3 heteroatoms. The first-order valence-corrected chi connectivity index (χ1v) is 8.22. The summed E-state index contributed by atoms with van der Waals surface area (Å²) in [6.45, 7) is 8.15. The molecule has 3 nitrogen and oxygen atoms in total. The summed E-state index contributed by atoms with van der Waals surface area (Å²) in [6.07, 6.45) is 4.26. The van der Waals surface area contributed by atoms with Crippen LogP contribution in [-0.4, -0.2) is 11.8 Å². The number of amides is 2. The second-order valence-electron chi connectivity index (χ2n) is 7.25. The van der Waals surface area contributed by atoms with Crippen LogP contribution in [0.15, 0.2) is 41.5 Å². The number of benzene rings is 1. The highest BCUT2D eigenvalue weighted by atomic mass is 16.2. The molecular formula is C20H21NO2. The minimum Gasteiger partial charge on any atom is -0.274 e. The van der Waals surface area contributed by atoms with Crippen LogP contribution < -0.4 is 4.90 Å². The van der Waals surface area contributed by atoms with Crippen molar-refractivity contribution in [3.05, 3.63) is 52.6 Å². The van der Waals surface area contributed by atoms with Crippen molar-refractivity contribution in [1.82, 2.24) is 0 Å². The molecule has 1 aromatic carbocycles. The van der Waals surface area contributed by atoms with E-state index in [9.17, 15) is 9.59 Å². The van der Waals surface area contributed by atoms with Crippen molar-refractivity contribution in [1.29, 1.82) is 0 Å². The lowest BCUT2D eigenvalue weighted by atomic mass is 9.85. The van der Waals surface area contributed by atoms with Gasteiger partial charge in [-0.1, -0.05) is 41.0 Å². The number of nitrogens with zero attached hydrogens (tertiary/aromatic N) is 1. The zero-order valence-electron chi connectivity index (χ0n) is 14.0. The Morgan fingerprint density at radius 2 is 1.52 bits per heavy atom. The maximum Gasteiger partial charge on any atom is 0.238 e. The van der Waals surface area contributed by atoms with Crippen LogP contribution in [0.5, 0.6) is 0 Å². The van der Waals surface area contributed by atoms with Gasteiger partial charge in [0.2, 0.25) is 11.8 Å². The van der Waals surface area contributed by atoms with Crippen molar-refractivity contribution in [3.8, 4) is 0 Å². The number of hydrogen-bond donors (Lipinski definition) is 0. The number of imide groups is 1. The summed E-state index contributed by atoms with van der Waals surface area (Å²) < 4.78 is 0. The Labute approximate surface area is 136 Å². The zero-order chi connectivity index (χ0) is 16.5. The molecule has 1 saturated carbocycles. The number of hydrogen-bond acceptors (Lipinski definition) is 2. The van der Waals surface area contributed by atoms with E-state index in [2.05, 4.69) is 26.0 Å². The maximum absolute atomic E-state index is 13.0. The van der Waals surface area contributed by atoms with Crippen LogP contribution in [-0.2, 0) is 9.59 Å². The molecule has 2 fully saturated rings. The second kappa shape index (κ2) is 4.67. The van der Waals surface area contributed by atoms with Crippen LogP contribution in [0.25, 0.3) is 0 Å². The summed E-state index contributed by atoms with van der Waals surface area (Å²) in [4.78, 5) is 27.5. The minimum absolute atomic E-state index is 0.0254. The normalized spacial score (nSPS) is 31.3. The van der Waals surface area contributed by atoms with Crippen LogP contribution in [0.1, 0.15) is 25.0 Å². The minimum atomic E-state index is -0.205. The van der Waals surface area contributed by atoms with Gasteiger partial charge in [-0.15, -0.1) is 0 Å². The molecule has 1 aliphatic heterocycles. The van der Waals surface area contributed by atoms with Crippen molar-refractivity contribution in [2.75, 3.05) is 4.90 Å². The molecule has 3 aliphatic rings. The number of anilines is 1. The van der Waals surface area contributed by atoms with Crippen molar-refractivity contribution >= 4 is 17.5 Å². The number of fused-ring (bicyclic) bond motifs is 5. The van der Waals surface area contributed by atoms with E-state index in [1.54, 1.807) is 0 Å². The molecule has 23 heavy (non-hydrogen) atoms. The molecular weight excluding hydrogens is 286 g/mol. The predicted octanol–water partition coefficient (Wildman–Crippen LogP) is 3.56. The highest BCUT2D eigenvalue weighted by Gasteiger charge is 2.62. The Bertz CT molecular complexity index is 764. The largest absolute Gasteiger partial charge is 0.274 e. The topological polar surface area (TPSA) is 37.4 Å². The summed E-state index contributed by atoms with van der Waals surface area (Å²) in [7, 11) is 0. The van der Waals surface area contributed by atoms with Gasteiger partial charge in [0.05, 0.1) is 17.5 Å². The van der Waals surface area contributed by atoms with E-state index in [-0.39, 0.29) is 35.5 Å². The number of carbonyl (C=O) groups excluding carboxylic acids is 2. The Morgan fingerprint density at radius 1 is 0.957 bits per heavy atom. The van der Waals surface area contributed by atoms with Crippen molar-refractivity contribution < 1.29 is 9.59 Å². The van der Waals surface area contributed by atoms with E-state index in [1.807, 2.05) is 32.0 Å². The molecule has 2 bridgehead atoms. The van der Waals surface area contributed by atoms with E-state index in [0.29, 0.717) is 0 Å². The summed E-state index contributed by atoms with van der Waals surface area (Å²) in [5, 5.41) is 0. The van der Waals surface area contributed by atoms with E-state index in [0.717, 1.165) is 16.8 Å². The van der Waals surface area contributed by atoms with Crippen LogP contribution in [0.2, 0.25) is 0 Å². The highest BCUT2D eigenvalue weighted by Crippen LogP contribution is 2.57. The van der Waals surface area contributed by atoms with Gasteiger partial charge >= 0.3 is 0 Å². The summed E-state index contributed by atoms with van der Waals surface area (Å²) in [6, 6.07) is 5.89. The Kier molecular flexibility index (Phi) is 2.93. The summed E-state index contributed by atoms with van der Waals surface area (Å²) >= 11 is 0. The molecule has 4 rings (SSSR count). The van der Waals surface area contributed by atoms with E-state index >= 15 is 0 Å². The van der Waals surface area contributed by atoms with E-state index < -0.39 is 0 Å². The molecule has 2 aliphatic carbocycles.